The van der Waals surface area contributed by atoms with Crippen LogP contribution in [0.5, 0.6) is 0 Å². The monoisotopic (exact) mass is 452 g/mol. The third-order valence-electron chi connectivity index (χ3n) is 6.46. The van der Waals surface area contributed by atoms with Gasteiger partial charge in [0.2, 0.25) is 0 Å². The maximum Gasteiger partial charge on any atom is 0.259 e. The zero-order valence-electron chi connectivity index (χ0n) is 17.9. The summed E-state index contributed by atoms with van der Waals surface area (Å²) in [5.74, 6) is -2.53. The highest BCUT2D eigenvalue weighted by Gasteiger charge is 2.41. The zero-order chi connectivity index (χ0) is 23.0. The Labute approximate surface area is 189 Å². The van der Waals surface area contributed by atoms with Crippen molar-refractivity contribution in [1.29, 1.82) is 0 Å². The van der Waals surface area contributed by atoms with Crippen molar-refractivity contribution in [2.24, 2.45) is 0 Å². The Morgan fingerprint density at radius 1 is 1.06 bits per heavy atom. The minimum Gasteiger partial charge on any atom is -0.368 e. The molecule has 3 aromatic rings. The number of benzene rings is 2. The van der Waals surface area contributed by atoms with Crippen molar-refractivity contribution in [2.75, 3.05) is 29.9 Å². The van der Waals surface area contributed by atoms with Crippen LogP contribution >= 0.6 is 0 Å². The Bertz CT molecular complexity index is 1190. The number of carbonyl (C=O) groups excluding carboxylic acids is 1. The van der Waals surface area contributed by atoms with Gasteiger partial charge in [-0.2, -0.15) is 0 Å². The first kappa shape index (κ1) is 21.5. The van der Waals surface area contributed by atoms with Gasteiger partial charge < -0.3 is 15.5 Å². The number of amides is 1. The van der Waals surface area contributed by atoms with E-state index < -0.39 is 23.4 Å². The lowest BCUT2D eigenvalue weighted by molar-refractivity contribution is 0.102. The largest absolute Gasteiger partial charge is 0.368 e. The van der Waals surface area contributed by atoms with E-state index in [1.54, 1.807) is 6.07 Å². The summed E-state index contributed by atoms with van der Waals surface area (Å²) in [7, 11) is 0. The topological polar surface area (TPSA) is 57.3 Å². The lowest BCUT2D eigenvalue weighted by Gasteiger charge is -2.28. The molecule has 3 heterocycles. The second-order valence-corrected chi connectivity index (χ2v) is 8.66. The van der Waals surface area contributed by atoms with Crippen molar-refractivity contribution in [1.82, 2.24) is 10.3 Å². The minimum absolute atomic E-state index is 0.0472. The van der Waals surface area contributed by atoms with E-state index in [2.05, 4.69) is 20.5 Å². The summed E-state index contributed by atoms with van der Waals surface area (Å²) in [6.07, 6.45) is 5.91. The molecule has 8 heteroatoms. The minimum atomic E-state index is -0.715. The highest BCUT2D eigenvalue weighted by molar-refractivity contribution is 6.10. The first-order valence-electron chi connectivity index (χ1n) is 10.9. The number of halogens is 3. The van der Waals surface area contributed by atoms with Gasteiger partial charge in [0.15, 0.2) is 0 Å². The van der Waals surface area contributed by atoms with Crippen LogP contribution in [0.1, 0.15) is 29.6 Å². The second-order valence-electron chi connectivity index (χ2n) is 8.66. The Morgan fingerprint density at radius 2 is 1.85 bits per heavy atom. The summed E-state index contributed by atoms with van der Waals surface area (Å²) in [5, 5.41) is 6.19. The van der Waals surface area contributed by atoms with E-state index in [0.717, 1.165) is 31.9 Å². The third-order valence-corrected chi connectivity index (χ3v) is 6.46. The van der Waals surface area contributed by atoms with Gasteiger partial charge in [0.25, 0.3) is 5.91 Å². The summed E-state index contributed by atoms with van der Waals surface area (Å²) in [6, 6.07) is 9.15. The molecule has 0 radical (unpaired) electrons. The smallest absolute Gasteiger partial charge is 0.259 e. The number of hydrogen-bond donors (Lipinski definition) is 2. The van der Waals surface area contributed by atoms with Crippen molar-refractivity contribution < 1.29 is 18.0 Å². The molecule has 2 N–H and O–H groups in total. The van der Waals surface area contributed by atoms with Gasteiger partial charge in [-0.25, -0.2) is 13.2 Å². The van der Waals surface area contributed by atoms with E-state index in [0.29, 0.717) is 24.3 Å². The number of hydrogen-bond acceptors (Lipinski definition) is 4. The number of rotatable bonds is 4. The average Bonchev–Trinajstić information content (AvgIpc) is 3.43. The van der Waals surface area contributed by atoms with Gasteiger partial charge >= 0.3 is 0 Å². The van der Waals surface area contributed by atoms with Crippen LogP contribution in [0.2, 0.25) is 0 Å². The molecule has 5 nitrogen and oxygen atoms in total. The molecule has 33 heavy (non-hydrogen) atoms. The maximum absolute atomic E-state index is 14.2. The van der Waals surface area contributed by atoms with Crippen LogP contribution in [-0.2, 0) is 0 Å². The number of aromatic nitrogens is 1. The summed E-state index contributed by atoms with van der Waals surface area (Å²) >= 11 is 0. The number of nitrogens with zero attached hydrogens (tertiary/aromatic N) is 2. The van der Waals surface area contributed by atoms with Gasteiger partial charge in [-0.15, -0.1) is 0 Å². The first-order valence-corrected chi connectivity index (χ1v) is 10.9. The lowest BCUT2D eigenvalue weighted by atomic mass is 9.96. The van der Waals surface area contributed by atoms with E-state index in [4.69, 9.17) is 0 Å². The maximum atomic E-state index is 14.2. The molecule has 2 saturated heterocycles. The molecule has 2 aliphatic heterocycles. The molecule has 0 aliphatic carbocycles. The molecule has 2 aliphatic rings. The molecule has 2 aromatic carbocycles. The summed E-state index contributed by atoms with van der Waals surface area (Å²) < 4.78 is 42.3. The predicted octanol–water partition coefficient (Wildman–Crippen LogP) is 4.75. The molecule has 5 rings (SSSR count). The fourth-order valence-electron chi connectivity index (χ4n) is 4.91. The van der Waals surface area contributed by atoms with Crippen LogP contribution in [0.4, 0.5) is 24.5 Å². The molecule has 0 saturated carbocycles. The Kier molecular flexibility index (Phi) is 5.54. The van der Waals surface area contributed by atoms with Crippen molar-refractivity contribution in [3.8, 4) is 11.1 Å². The molecule has 1 unspecified atom stereocenters. The fraction of sp³-hybridized carbons (Fsp3) is 0.280. The molecule has 1 spiro atoms. The normalized spacial score (nSPS) is 19.9. The van der Waals surface area contributed by atoms with Crippen LogP contribution in [0.25, 0.3) is 11.1 Å². The van der Waals surface area contributed by atoms with Gasteiger partial charge in [-0.3, -0.25) is 9.78 Å². The molecule has 1 aromatic heterocycles. The van der Waals surface area contributed by atoms with Crippen LogP contribution in [0.3, 0.4) is 0 Å². The zero-order valence-corrected chi connectivity index (χ0v) is 17.9. The molecule has 1 amide bonds. The number of para-hydroxylation sites is 1. The van der Waals surface area contributed by atoms with E-state index in [1.807, 2.05) is 0 Å². The quantitative estimate of drug-likeness (QED) is 0.600. The number of pyridine rings is 1. The average molecular weight is 452 g/mol. The van der Waals surface area contributed by atoms with Gasteiger partial charge in [0.05, 0.1) is 16.9 Å². The molecular formula is C25H23F3N4O. The Hall–Kier alpha value is -3.39. The summed E-state index contributed by atoms with van der Waals surface area (Å²) in [5.41, 5.74) is 1.49. The Morgan fingerprint density at radius 3 is 2.58 bits per heavy atom. The van der Waals surface area contributed by atoms with Crippen LogP contribution < -0.4 is 15.5 Å². The van der Waals surface area contributed by atoms with Gasteiger partial charge in [-0.05, 0) is 55.6 Å². The summed E-state index contributed by atoms with van der Waals surface area (Å²) in [4.78, 5) is 19.5. The third kappa shape index (κ3) is 4.18. The van der Waals surface area contributed by atoms with Crippen molar-refractivity contribution in [3.05, 3.63) is 77.9 Å². The fourth-order valence-corrected chi connectivity index (χ4v) is 4.91. The van der Waals surface area contributed by atoms with Gasteiger partial charge in [0.1, 0.15) is 17.5 Å². The van der Waals surface area contributed by atoms with Crippen molar-refractivity contribution in [3.63, 3.8) is 0 Å². The number of anilines is 2. The predicted molar refractivity (Wildman–Crippen MR) is 121 cm³/mol. The van der Waals surface area contributed by atoms with E-state index in [9.17, 15) is 18.0 Å². The van der Waals surface area contributed by atoms with E-state index >= 15 is 0 Å². The first-order chi connectivity index (χ1) is 15.9. The highest BCUT2D eigenvalue weighted by Crippen LogP contribution is 2.40. The van der Waals surface area contributed by atoms with Gasteiger partial charge in [0, 0.05) is 42.7 Å². The Balaban J connectivity index is 1.60. The standard InChI is InChI=1S/C25H23F3N4O/c26-17-10-16(11-18(27)12-17)19-13-29-14-20(24(33)31-22-5-2-1-4-21(22)28)23(19)32-9-7-25(15-32)6-3-8-30-25/h1-2,4-5,10-14,30H,3,6-9,15H2,(H,31,33). The summed E-state index contributed by atoms with van der Waals surface area (Å²) in [6.45, 7) is 2.26. The van der Waals surface area contributed by atoms with Crippen LogP contribution in [0.15, 0.2) is 54.9 Å². The molecule has 0 bridgehead atoms. The number of nitrogens with one attached hydrogen (secondary N) is 2. The molecular weight excluding hydrogens is 429 g/mol. The highest BCUT2D eigenvalue weighted by atomic mass is 19.1. The molecule has 1 atom stereocenters. The molecule has 170 valence electrons. The van der Waals surface area contributed by atoms with Crippen molar-refractivity contribution in [2.45, 2.75) is 24.8 Å². The van der Waals surface area contributed by atoms with E-state index in [1.165, 1.54) is 42.7 Å². The van der Waals surface area contributed by atoms with Crippen molar-refractivity contribution >= 4 is 17.3 Å². The lowest BCUT2D eigenvalue weighted by Crippen LogP contribution is -2.42. The van der Waals surface area contributed by atoms with Gasteiger partial charge in [-0.1, -0.05) is 12.1 Å². The number of carbonyl (C=O) groups is 1. The van der Waals surface area contributed by atoms with Crippen LogP contribution in [0, 0.1) is 17.5 Å². The SMILES string of the molecule is O=C(Nc1ccccc1F)c1cncc(-c2cc(F)cc(F)c2)c1N1CCC2(CCCN2)C1. The van der Waals surface area contributed by atoms with Crippen LogP contribution in [-0.4, -0.2) is 36.1 Å². The van der Waals surface area contributed by atoms with E-state index in [-0.39, 0.29) is 22.4 Å². The second kappa shape index (κ2) is 8.51. The molecule has 2 fully saturated rings.